The van der Waals surface area contributed by atoms with E-state index in [-0.39, 0.29) is 23.6 Å². The summed E-state index contributed by atoms with van der Waals surface area (Å²) in [5, 5.41) is 0. The minimum Gasteiger partial charge on any atom is -0.466 e. The van der Waals surface area contributed by atoms with E-state index < -0.39 is 0 Å². The molecule has 3 heterocycles. The van der Waals surface area contributed by atoms with Crippen LogP contribution in [0.2, 0.25) is 0 Å². The fourth-order valence-electron chi connectivity index (χ4n) is 3.50. The van der Waals surface area contributed by atoms with E-state index in [1.54, 1.807) is 11.8 Å². The number of likely N-dealkylation sites (tertiary alicyclic amines) is 1. The van der Waals surface area contributed by atoms with Crippen molar-refractivity contribution in [2.24, 2.45) is 5.73 Å². The van der Waals surface area contributed by atoms with Crippen LogP contribution in [0.4, 0.5) is 0 Å². The molecule has 1 saturated heterocycles. The van der Waals surface area contributed by atoms with Crippen molar-refractivity contribution in [3.63, 3.8) is 0 Å². The zero-order chi connectivity index (χ0) is 18.1. The van der Waals surface area contributed by atoms with Crippen molar-refractivity contribution in [3.8, 4) is 0 Å². The highest BCUT2D eigenvalue weighted by molar-refractivity contribution is 5.77. The molecule has 2 aromatic rings. The quantitative estimate of drug-likeness (QED) is 0.866. The summed E-state index contributed by atoms with van der Waals surface area (Å²) >= 11 is 0. The number of amides is 1. The Bertz CT molecular complexity index is 813. The van der Waals surface area contributed by atoms with Gasteiger partial charge in [0.05, 0.1) is 5.92 Å². The van der Waals surface area contributed by atoms with Crippen LogP contribution < -0.4 is 11.4 Å². The lowest BCUT2D eigenvalue weighted by Crippen LogP contribution is -2.32. The zero-order valence-electron chi connectivity index (χ0n) is 14.8. The fourth-order valence-corrected chi connectivity index (χ4v) is 3.50. The van der Waals surface area contributed by atoms with Crippen LogP contribution in [0.3, 0.4) is 0 Å². The molecule has 25 heavy (non-hydrogen) atoms. The molecule has 7 nitrogen and oxygen atoms in total. The van der Waals surface area contributed by atoms with Gasteiger partial charge in [-0.3, -0.25) is 4.79 Å². The fraction of sp³-hybridized carbons (Fsp3) is 0.500. The summed E-state index contributed by atoms with van der Waals surface area (Å²) in [6, 6.07) is 3.74. The maximum absolute atomic E-state index is 12.6. The van der Waals surface area contributed by atoms with Gasteiger partial charge < -0.3 is 20.0 Å². The van der Waals surface area contributed by atoms with Crippen molar-refractivity contribution in [3.05, 3.63) is 51.1 Å². The Hall–Kier alpha value is -2.41. The zero-order valence-corrected chi connectivity index (χ0v) is 14.8. The number of aromatic nitrogens is 2. The van der Waals surface area contributed by atoms with Gasteiger partial charge in [-0.2, -0.15) is 4.98 Å². The molecule has 3 rings (SSSR count). The predicted octanol–water partition coefficient (Wildman–Crippen LogP) is 1.17. The maximum Gasteiger partial charge on any atom is 0.345 e. The van der Waals surface area contributed by atoms with Gasteiger partial charge in [0.15, 0.2) is 0 Å². The molecule has 134 valence electrons. The molecule has 1 aliphatic heterocycles. The second-order valence-electron chi connectivity index (χ2n) is 6.75. The summed E-state index contributed by atoms with van der Waals surface area (Å²) in [5.41, 5.74) is 8.24. The molecule has 0 bridgehead atoms. The lowest BCUT2D eigenvalue weighted by molar-refractivity contribution is -0.130. The number of furan rings is 1. The van der Waals surface area contributed by atoms with Crippen molar-refractivity contribution in [2.75, 3.05) is 13.1 Å². The molecule has 1 amide bonds. The number of H-pyrrole nitrogens is 1. The highest BCUT2D eigenvalue weighted by Crippen LogP contribution is 2.28. The summed E-state index contributed by atoms with van der Waals surface area (Å²) in [4.78, 5) is 32.3. The SMILES string of the molecule is Cc1ccc([C@H]2CN(C(=O)CCc3c(C)nc(=O)[nH]c3C)C[C@@H]2N)o1. The van der Waals surface area contributed by atoms with Gasteiger partial charge in [-0.05, 0) is 44.9 Å². The molecule has 1 fully saturated rings. The van der Waals surface area contributed by atoms with Gasteiger partial charge in [-0.15, -0.1) is 0 Å². The van der Waals surface area contributed by atoms with Gasteiger partial charge in [-0.1, -0.05) is 0 Å². The normalized spacial score (nSPS) is 20.2. The number of nitrogens with one attached hydrogen (secondary N) is 1. The first-order chi connectivity index (χ1) is 11.8. The number of rotatable bonds is 4. The molecule has 2 aromatic heterocycles. The van der Waals surface area contributed by atoms with E-state index in [0.29, 0.717) is 31.6 Å². The average molecular weight is 344 g/mol. The van der Waals surface area contributed by atoms with E-state index >= 15 is 0 Å². The minimum atomic E-state index is -0.354. The monoisotopic (exact) mass is 344 g/mol. The van der Waals surface area contributed by atoms with Crippen molar-refractivity contribution in [1.29, 1.82) is 0 Å². The first kappa shape index (κ1) is 17.4. The Morgan fingerprint density at radius 2 is 2.12 bits per heavy atom. The summed E-state index contributed by atoms with van der Waals surface area (Å²) in [7, 11) is 0. The topological polar surface area (TPSA) is 105 Å². The number of carbonyl (C=O) groups is 1. The van der Waals surface area contributed by atoms with Gasteiger partial charge in [0, 0.05) is 36.9 Å². The lowest BCUT2D eigenvalue weighted by atomic mass is 10.0. The van der Waals surface area contributed by atoms with Crippen LogP contribution >= 0.6 is 0 Å². The highest BCUT2D eigenvalue weighted by Gasteiger charge is 2.35. The minimum absolute atomic E-state index is 0.0378. The van der Waals surface area contributed by atoms with Crippen LogP contribution in [0.1, 0.15) is 40.8 Å². The average Bonchev–Trinajstić information content (AvgIpc) is 3.11. The Kier molecular flexibility index (Phi) is 4.76. The predicted molar refractivity (Wildman–Crippen MR) is 93.4 cm³/mol. The molecular weight excluding hydrogens is 320 g/mol. The second-order valence-corrected chi connectivity index (χ2v) is 6.75. The second kappa shape index (κ2) is 6.84. The largest absolute Gasteiger partial charge is 0.466 e. The van der Waals surface area contributed by atoms with E-state index in [1.165, 1.54) is 0 Å². The molecule has 3 N–H and O–H groups in total. The van der Waals surface area contributed by atoms with Crippen LogP contribution in [0, 0.1) is 20.8 Å². The van der Waals surface area contributed by atoms with Gasteiger partial charge in [0.1, 0.15) is 11.5 Å². The molecular formula is C18H24N4O3. The number of nitrogens with two attached hydrogens (primary N) is 1. The Morgan fingerprint density at radius 1 is 1.36 bits per heavy atom. The standard InChI is InChI=1S/C18H24N4O3/c1-10-4-6-16(25-10)14-8-22(9-15(14)19)17(23)7-5-13-11(2)20-18(24)21-12(13)3/h4,6,14-15H,5,7-9,19H2,1-3H3,(H,20,21,24)/t14-,15-/m0/s1. The lowest BCUT2D eigenvalue weighted by Gasteiger charge is -2.16. The van der Waals surface area contributed by atoms with E-state index in [4.69, 9.17) is 10.2 Å². The molecule has 0 aromatic carbocycles. The van der Waals surface area contributed by atoms with Crippen LogP contribution in [0.25, 0.3) is 0 Å². The van der Waals surface area contributed by atoms with E-state index in [2.05, 4.69) is 9.97 Å². The number of aryl methyl sites for hydroxylation is 3. The van der Waals surface area contributed by atoms with Crippen LogP contribution in [-0.2, 0) is 11.2 Å². The number of carbonyl (C=O) groups excluding carboxylic acids is 1. The van der Waals surface area contributed by atoms with Crippen LogP contribution in [0.5, 0.6) is 0 Å². The molecule has 0 aliphatic carbocycles. The van der Waals surface area contributed by atoms with Crippen molar-refractivity contribution >= 4 is 5.91 Å². The van der Waals surface area contributed by atoms with E-state index in [0.717, 1.165) is 22.8 Å². The van der Waals surface area contributed by atoms with Crippen molar-refractivity contribution in [1.82, 2.24) is 14.9 Å². The third-order valence-corrected chi connectivity index (χ3v) is 4.89. The van der Waals surface area contributed by atoms with Crippen LogP contribution in [-0.4, -0.2) is 39.9 Å². The number of nitrogens with zero attached hydrogens (tertiary/aromatic N) is 2. The summed E-state index contributed by atoms with van der Waals surface area (Å²) in [6.07, 6.45) is 0.919. The van der Waals surface area contributed by atoms with Crippen molar-refractivity contribution < 1.29 is 9.21 Å². The van der Waals surface area contributed by atoms with Crippen LogP contribution in [0.15, 0.2) is 21.3 Å². The van der Waals surface area contributed by atoms with E-state index in [9.17, 15) is 9.59 Å². The number of hydrogen-bond donors (Lipinski definition) is 2. The molecule has 0 spiro atoms. The molecule has 2 atom stereocenters. The summed E-state index contributed by atoms with van der Waals surface area (Å²) in [6.45, 7) is 6.63. The first-order valence-electron chi connectivity index (χ1n) is 8.51. The number of aromatic amines is 1. The van der Waals surface area contributed by atoms with Gasteiger partial charge in [-0.25, -0.2) is 4.79 Å². The summed E-state index contributed by atoms with van der Waals surface area (Å²) < 4.78 is 5.68. The molecule has 0 unspecified atom stereocenters. The van der Waals surface area contributed by atoms with Gasteiger partial charge in [0.2, 0.25) is 5.91 Å². The Balaban J connectivity index is 1.64. The van der Waals surface area contributed by atoms with Gasteiger partial charge >= 0.3 is 5.69 Å². The summed E-state index contributed by atoms with van der Waals surface area (Å²) in [5.74, 6) is 1.79. The van der Waals surface area contributed by atoms with E-state index in [1.807, 2.05) is 26.0 Å². The third kappa shape index (κ3) is 3.66. The highest BCUT2D eigenvalue weighted by atomic mass is 16.3. The van der Waals surface area contributed by atoms with Gasteiger partial charge in [0.25, 0.3) is 0 Å². The molecule has 7 heteroatoms. The van der Waals surface area contributed by atoms with Crippen molar-refractivity contribution in [2.45, 2.75) is 45.6 Å². The maximum atomic E-state index is 12.6. The number of hydrogen-bond acceptors (Lipinski definition) is 5. The third-order valence-electron chi connectivity index (χ3n) is 4.89. The smallest absolute Gasteiger partial charge is 0.345 e. The molecule has 1 aliphatic rings. The Morgan fingerprint density at radius 3 is 2.76 bits per heavy atom. The molecule has 0 radical (unpaired) electrons. The Labute approximate surface area is 146 Å². The molecule has 0 saturated carbocycles. The first-order valence-corrected chi connectivity index (χ1v) is 8.51.